The second-order valence-corrected chi connectivity index (χ2v) is 12.5. The van der Waals surface area contributed by atoms with Crippen LogP contribution in [0.5, 0.6) is 5.75 Å². The molecule has 0 amide bonds. The van der Waals surface area contributed by atoms with E-state index >= 15 is 0 Å². The molecular weight excluding hydrogens is 486 g/mol. The lowest BCUT2D eigenvalue weighted by Gasteiger charge is -2.38. The first kappa shape index (κ1) is 25.9. The third-order valence-corrected chi connectivity index (χ3v) is 9.57. The van der Waals surface area contributed by atoms with Crippen LogP contribution in [0.1, 0.15) is 39.1 Å². The van der Waals surface area contributed by atoms with Gasteiger partial charge in [0, 0.05) is 44.7 Å². The van der Waals surface area contributed by atoms with Crippen molar-refractivity contribution in [3.05, 3.63) is 54.4 Å². The van der Waals surface area contributed by atoms with E-state index in [1.165, 1.54) is 6.42 Å². The van der Waals surface area contributed by atoms with Gasteiger partial charge >= 0.3 is 0 Å². The molecule has 0 spiro atoms. The molecule has 3 heterocycles. The number of hydrogen-bond acceptors (Lipinski definition) is 7. The van der Waals surface area contributed by atoms with Crippen molar-refractivity contribution in [2.45, 2.75) is 38.1 Å². The zero-order valence-electron chi connectivity index (χ0n) is 22.2. The Morgan fingerprint density at radius 2 is 1.57 bits per heavy atom. The summed E-state index contributed by atoms with van der Waals surface area (Å²) in [5.41, 5.74) is 0.959. The Morgan fingerprint density at radius 3 is 2.22 bits per heavy atom. The standard InChI is InChI=1S/C28H37N5O3S/c1-20-17-21(2)19-32(18-20)28-25-7-5-6-8-26(25)29-27(30-28)22(3)31-13-15-33(16-14-31)37(34,35)24-11-9-23(36-4)10-12-24/h5-12,20-22H,13-19H2,1-4H3. The molecule has 2 aromatic carbocycles. The number of anilines is 1. The first-order valence-corrected chi connectivity index (χ1v) is 14.6. The molecule has 3 aromatic rings. The lowest BCUT2D eigenvalue weighted by molar-refractivity contribution is 0.141. The quantitative estimate of drug-likeness (QED) is 0.479. The maximum atomic E-state index is 13.2. The lowest BCUT2D eigenvalue weighted by Crippen LogP contribution is -2.49. The monoisotopic (exact) mass is 523 g/mol. The van der Waals surface area contributed by atoms with Crippen molar-refractivity contribution in [2.75, 3.05) is 51.3 Å². The molecule has 2 aliphatic rings. The van der Waals surface area contributed by atoms with Crippen LogP contribution in [-0.2, 0) is 10.0 Å². The maximum absolute atomic E-state index is 13.2. The first-order chi connectivity index (χ1) is 17.8. The van der Waals surface area contributed by atoms with Crippen LogP contribution in [0.4, 0.5) is 5.82 Å². The number of sulfonamides is 1. The lowest BCUT2D eigenvalue weighted by atomic mass is 9.92. The average Bonchev–Trinajstić information content (AvgIpc) is 2.91. The highest BCUT2D eigenvalue weighted by Crippen LogP contribution is 2.32. The number of fused-ring (bicyclic) bond motifs is 1. The van der Waals surface area contributed by atoms with Gasteiger partial charge in [-0.25, -0.2) is 18.4 Å². The van der Waals surface area contributed by atoms with Crippen LogP contribution >= 0.6 is 0 Å². The summed E-state index contributed by atoms with van der Waals surface area (Å²) in [4.78, 5) is 15.1. The Balaban J connectivity index is 1.35. The Hall–Kier alpha value is -2.75. The highest BCUT2D eigenvalue weighted by atomic mass is 32.2. The van der Waals surface area contributed by atoms with Crippen LogP contribution in [0.3, 0.4) is 0 Å². The third kappa shape index (κ3) is 5.30. The molecule has 2 saturated heterocycles. The Labute approximate surface area is 220 Å². The van der Waals surface area contributed by atoms with Gasteiger partial charge in [0.1, 0.15) is 17.4 Å². The van der Waals surface area contributed by atoms with Crippen LogP contribution in [0.2, 0.25) is 0 Å². The van der Waals surface area contributed by atoms with Gasteiger partial charge in [0.15, 0.2) is 0 Å². The zero-order valence-corrected chi connectivity index (χ0v) is 23.0. The van der Waals surface area contributed by atoms with E-state index in [0.717, 1.165) is 35.6 Å². The van der Waals surface area contributed by atoms with Gasteiger partial charge in [0.05, 0.1) is 23.6 Å². The van der Waals surface area contributed by atoms with Gasteiger partial charge in [-0.3, -0.25) is 4.90 Å². The van der Waals surface area contributed by atoms with Gasteiger partial charge in [-0.15, -0.1) is 0 Å². The fourth-order valence-electron chi connectivity index (χ4n) is 5.73. The van der Waals surface area contributed by atoms with Crippen molar-refractivity contribution < 1.29 is 13.2 Å². The smallest absolute Gasteiger partial charge is 0.243 e. The molecule has 0 bridgehead atoms. The predicted octanol–water partition coefficient (Wildman–Crippen LogP) is 4.19. The second kappa shape index (κ2) is 10.6. The summed E-state index contributed by atoms with van der Waals surface area (Å²) in [6.45, 7) is 10.9. The number of para-hydroxylation sites is 1. The number of hydrogen-bond donors (Lipinski definition) is 0. The SMILES string of the molecule is COc1ccc(S(=O)(=O)N2CCN(C(C)c3nc(N4CC(C)CC(C)C4)c4ccccc4n3)CC2)cc1. The van der Waals surface area contributed by atoms with Crippen molar-refractivity contribution in [2.24, 2.45) is 11.8 Å². The van der Waals surface area contributed by atoms with Gasteiger partial charge in [-0.1, -0.05) is 26.0 Å². The van der Waals surface area contributed by atoms with E-state index in [9.17, 15) is 8.42 Å². The van der Waals surface area contributed by atoms with E-state index in [-0.39, 0.29) is 6.04 Å². The Morgan fingerprint density at radius 1 is 0.919 bits per heavy atom. The molecule has 2 fully saturated rings. The molecule has 37 heavy (non-hydrogen) atoms. The number of nitrogens with zero attached hydrogens (tertiary/aromatic N) is 5. The van der Waals surface area contributed by atoms with E-state index in [4.69, 9.17) is 14.7 Å². The van der Waals surface area contributed by atoms with Crippen LogP contribution in [0.25, 0.3) is 10.9 Å². The third-order valence-electron chi connectivity index (χ3n) is 7.66. The van der Waals surface area contributed by atoms with E-state index in [1.54, 1.807) is 35.7 Å². The molecule has 5 rings (SSSR count). The summed E-state index contributed by atoms with van der Waals surface area (Å²) < 4.78 is 33.1. The number of rotatable bonds is 6. The fourth-order valence-corrected chi connectivity index (χ4v) is 7.15. The van der Waals surface area contributed by atoms with Crippen molar-refractivity contribution >= 4 is 26.7 Å². The number of piperidine rings is 1. The van der Waals surface area contributed by atoms with Crippen LogP contribution in [-0.4, -0.2) is 74.0 Å². The molecule has 9 heteroatoms. The van der Waals surface area contributed by atoms with Crippen molar-refractivity contribution in [1.29, 1.82) is 0 Å². The van der Waals surface area contributed by atoms with Crippen LogP contribution < -0.4 is 9.64 Å². The van der Waals surface area contributed by atoms with Crippen molar-refractivity contribution in [3.8, 4) is 5.75 Å². The molecule has 2 aliphatic heterocycles. The van der Waals surface area contributed by atoms with Gasteiger partial charge in [-0.05, 0) is 61.6 Å². The Kier molecular flexibility index (Phi) is 7.38. The highest BCUT2D eigenvalue weighted by molar-refractivity contribution is 7.89. The summed E-state index contributed by atoms with van der Waals surface area (Å²) in [6.07, 6.45) is 1.24. The highest BCUT2D eigenvalue weighted by Gasteiger charge is 2.32. The Bertz CT molecular complexity index is 1330. The molecule has 0 aliphatic carbocycles. The molecule has 3 unspecified atom stereocenters. The fraction of sp³-hybridized carbons (Fsp3) is 0.500. The second-order valence-electron chi connectivity index (χ2n) is 10.6. The minimum Gasteiger partial charge on any atom is -0.497 e. The normalized spacial score (nSPS) is 22.8. The van der Waals surface area contributed by atoms with Crippen molar-refractivity contribution in [1.82, 2.24) is 19.2 Å². The van der Waals surface area contributed by atoms with Gasteiger partial charge in [0.2, 0.25) is 10.0 Å². The van der Waals surface area contributed by atoms with Gasteiger partial charge in [0.25, 0.3) is 0 Å². The van der Waals surface area contributed by atoms with E-state index in [1.807, 2.05) is 6.07 Å². The van der Waals surface area contributed by atoms with Gasteiger partial charge in [-0.2, -0.15) is 4.31 Å². The molecule has 198 valence electrons. The van der Waals surface area contributed by atoms with E-state index in [2.05, 4.69) is 48.8 Å². The molecule has 0 N–H and O–H groups in total. The summed E-state index contributed by atoms with van der Waals surface area (Å²) >= 11 is 0. The molecule has 0 saturated carbocycles. The summed E-state index contributed by atoms with van der Waals surface area (Å²) in [6, 6.07) is 14.8. The zero-order chi connectivity index (χ0) is 26.2. The van der Waals surface area contributed by atoms with Gasteiger partial charge < -0.3 is 9.64 Å². The van der Waals surface area contributed by atoms with E-state index in [0.29, 0.717) is 48.7 Å². The molecule has 1 aromatic heterocycles. The number of piperazine rings is 1. The number of benzene rings is 2. The largest absolute Gasteiger partial charge is 0.497 e. The molecule has 8 nitrogen and oxygen atoms in total. The molecule has 3 atom stereocenters. The number of methoxy groups -OCH3 is 1. The molecule has 0 radical (unpaired) electrons. The van der Waals surface area contributed by atoms with E-state index < -0.39 is 10.0 Å². The average molecular weight is 524 g/mol. The minimum absolute atomic E-state index is 0.0196. The summed E-state index contributed by atoms with van der Waals surface area (Å²) in [5, 5.41) is 1.09. The predicted molar refractivity (Wildman–Crippen MR) is 146 cm³/mol. The van der Waals surface area contributed by atoms with Crippen LogP contribution in [0, 0.1) is 11.8 Å². The molecular formula is C28H37N5O3S. The summed E-state index contributed by atoms with van der Waals surface area (Å²) in [5.74, 6) is 3.71. The maximum Gasteiger partial charge on any atom is 0.243 e. The van der Waals surface area contributed by atoms with Crippen LogP contribution in [0.15, 0.2) is 53.4 Å². The van der Waals surface area contributed by atoms with Crippen molar-refractivity contribution in [3.63, 3.8) is 0 Å². The summed E-state index contributed by atoms with van der Waals surface area (Å²) in [7, 11) is -1.98. The first-order valence-electron chi connectivity index (χ1n) is 13.2. The number of aromatic nitrogens is 2. The minimum atomic E-state index is -3.55. The topological polar surface area (TPSA) is 78.9 Å². The number of ether oxygens (including phenoxy) is 1.